The highest BCUT2D eigenvalue weighted by molar-refractivity contribution is 5.98. The van der Waals surface area contributed by atoms with Gasteiger partial charge in [-0.3, -0.25) is 9.97 Å². The van der Waals surface area contributed by atoms with Gasteiger partial charge in [0, 0.05) is 40.6 Å². The SMILES string of the molecule is COc1ccc2nc(-c3cccnc3)nc(Nc3cccc4ncccc34)c2c1. The standard InChI is InChI=1S/C23H17N5O/c1-29-16-9-10-21-18(13-16)23(28-22(26-21)15-5-3-11-24-14-15)27-20-8-2-7-19-17(20)6-4-12-25-19/h2-14H,1H3,(H,26,27,28). The summed E-state index contributed by atoms with van der Waals surface area (Å²) in [5.74, 6) is 2.05. The molecule has 3 heterocycles. The Morgan fingerprint density at radius 1 is 0.828 bits per heavy atom. The number of nitrogens with one attached hydrogen (secondary N) is 1. The van der Waals surface area contributed by atoms with Gasteiger partial charge in [-0.15, -0.1) is 0 Å². The molecule has 140 valence electrons. The summed E-state index contributed by atoms with van der Waals surface area (Å²) in [5, 5.41) is 5.38. The second-order valence-corrected chi connectivity index (χ2v) is 6.52. The molecule has 5 rings (SSSR count). The predicted octanol–water partition coefficient (Wildman–Crippen LogP) is 4.99. The average Bonchev–Trinajstić information content (AvgIpc) is 2.79. The zero-order valence-corrected chi connectivity index (χ0v) is 15.7. The summed E-state index contributed by atoms with van der Waals surface area (Å²) >= 11 is 0. The summed E-state index contributed by atoms with van der Waals surface area (Å²) < 4.78 is 5.41. The third kappa shape index (κ3) is 3.21. The fourth-order valence-corrected chi connectivity index (χ4v) is 3.29. The van der Waals surface area contributed by atoms with Gasteiger partial charge in [0.05, 0.1) is 18.1 Å². The first-order valence-corrected chi connectivity index (χ1v) is 9.19. The second-order valence-electron chi connectivity index (χ2n) is 6.52. The van der Waals surface area contributed by atoms with E-state index in [-0.39, 0.29) is 0 Å². The summed E-state index contributed by atoms with van der Waals surface area (Å²) in [6, 6.07) is 19.5. The van der Waals surface area contributed by atoms with Crippen LogP contribution in [0.15, 0.2) is 79.3 Å². The van der Waals surface area contributed by atoms with Gasteiger partial charge in [-0.2, -0.15) is 0 Å². The molecule has 3 aromatic heterocycles. The largest absolute Gasteiger partial charge is 0.497 e. The molecule has 6 nitrogen and oxygen atoms in total. The van der Waals surface area contributed by atoms with Crippen LogP contribution in [-0.4, -0.2) is 27.0 Å². The van der Waals surface area contributed by atoms with E-state index >= 15 is 0 Å². The molecule has 0 bridgehead atoms. The fourth-order valence-electron chi connectivity index (χ4n) is 3.29. The van der Waals surface area contributed by atoms with Crippen LogP contribution in [0.4, 0.5) is 11.5 Å². The third-order valence-corrected chi connectivity index (χ3v) is 4.72. The van der Waals surface area contributed by atoms with Crippen molar-refractivity contribution in [3.8, 4) is 17.1 Å². The molecular formula is C23H17N5O. The zero-order valence-electron chi connectivity index (χ0n) is 15.7. The number of rotatable bonds is 4. The van der Waals surface area contributed by atoms with E-state index in [1.165, 1.54) is 0 Å². The summed E-state index contributed by atoms with van der Waals surface area (Å²) in [4.78, 5) is 18.2. The Bertz CT molecular complexity index is 1320. The van der Waals surface area contributed by atoms with E-state index in [1.807, 2.05) is 60.7 Å². The molecule has 1 N–H and O–H groups in total. The van der Waals surface area contributed by atoms with Gasteiger partial charge in [0.2, 0.25) is 0 Å². The van der Waals surface area contributed by atoms with Crippen LogP contribution in [-0.2, 0) is 0 Å². The molecule has 0 saturated heterocycles. The van der Waals surface area contributed by atoms with Crippen molar-refractivity contribution >= 4 is 33.3 Å². The van der Waals surface area contributed by atoms with Gasteiger partial charge < -0.3 is 10.1 Å². The topological polar surface area (TPSA) is 72.8 Å². The molecule has 0 spiro atoms. The molecule has 2 aromatic carbocycles. The lowest BCUT2D eigenvalue weighted by molar-refractivity contribution is 0.415. The maximum absolute atomic E-state index is 5.41. The number of hydrogen-bond acceptors (Lipinski definition) is 6. The number of pyridine rings is 2. The second kappa shape index (κ2) is 7.16. The van der Waals surface area contributed by atoms with Gasteiger partial charge in [-0.1, -0.05) is 6.07 Å². The van der Waals surface area contributed by atoms with Crippen LogP contribution < -0.4 is 10.1 Å². The lowest BCUT2D eigenvalue weighted by Gasteiger charge is -2.13. The molecule has 5 aromatic rings. The van der Waals surface area contributed by atoms with E-state index < -0.39 is 0 Å². The van der Waals surface area contributed by atoms with Crippen LogP contribution in [0.2, 0.25) is 0 Å². The number of benzene rings is 2. The molecule has 0 saturated carbocycles. The van der Waals surface area contributed by atoms with E-state index in [1.54, 1.807) is 25.7 Å². The first kappa shape index (κ1) is 17.1. The Balaban J connectivity index is 1.71. The first-order valence-electron chi connectivity index (χ1n) is 9.19. The van der Waals surface area contributed by atoms with Crippen LogP contribution in [0.25, 0.3) is 33.2 Å². The monoisotopic (exact) mass is 379 g/mol. The average molecular weight is 379 g/mol. The van der Waals surface area contributed by atoms with Crippen LogP contribution in [0.3, 0.4) is 0 Å². The quantitative estimate of drug-likeness (QED) is 0.474. The number of nitrogens with zero attached hydrogens (tertiary/aromatic N) is 4. The summed E-state index contributed by atoms with van der Waals surface area (Å²) in [5.41, 5.74) is 3.52. The molecule has 6 heteroatoms. The van der Waals surface area contributed by atoms with Crippen molar-refractivity contribution in [1.29, 1.82) is 0 Å². The Morgan fingerprint density at radius 3 is 2.62 bits per heavy atom. The summed E-state index contributed by atoms with van der Waals surface area (Å²) in [7, 11) is 1.65. The van der Waals surface area contributed by atoms with Crippen molar-refractivity contribution in [1.82, 2.24) is 19.9 Å². The third-order valence-electron chi connectivity index (χ3n) is 4.72. The van der Waals surface area contributed by atoms with Crippen LogP contribution in [0, 0.1) is 0 Å². The smallest absolute Gasteiger partial charge is 0.163 e. The van der Waals surface area contributed by atoms with Crippen molar-refractivity contribution < 1.29 is 4.74 Å². The molecular weight excluding hydrogens is 362 g/mol. The maximum Gasteiger partial charge on any atom is 0.163 e. The predicted molar refractivity (Wildman–Crippen MR) is 114 cm³/mol. The van der Waals surface area contributed by atoms with Crippen molar-refractivity contribution in [2.75, 3.05) is 12.4 Å². The van der Waals surface area contributed by atoms with E-state index in [0.717, 1.165) is 38.8 Å². The molecule has 29 heavy (non-hydrogen) atoms. The van der Waals surface area contributed by atoms with Gasteiger partial charge in [0.15, 0.2) is 5.82 Å². The van der Waals surface area contributed by atoms with E-state index in [4.69, 9.17) is 14.7 Å². The molecule has 0 unspecified atom stereocenters. The molecule has 0 amide bonds. The van der Waals surface area contributed by atoms with Crippen LogP contribution in [0.5, 0.6) is 5.75 Å². The number of aromatic nitrogens is 4. The van der Waals surface area contributed by atoms with Crippen LogP contribution >= 0.6 is 0 Å². The Morgan fingerprint density at radius 2 is 1.76 bits per heavy atom. The van der Waals surface area contributed by atoms with Gasteiger partial charge in [-0.25, -0.2) is 9.97 Å². The van der Waals surface area contributed by atoms with Crippen molar-refractivity contribution in [3.63, 3.8) is 0 Å². The molecule has 0 aliphatic rings. The Hall–Kier alpha value is -4.06. The highest BCUT2D eigenvalue weighted by Crippen LogP contribution is 2.32. The minimum atomic E-state index is 0.608. The Kier molecular flexibility index (Phi) is 4.22. The highest BCUT2D eigenvalue weighted by atomic mass is 16.5. The fraction of sp³-hybridized carbons (Fsp3) is 0.0435. The van der Waals surface area contributed by atoms with Crippen molar-refractivity contribution in [2.45, 2.75) is 0 Å². The minimum absolute atomic E-state index is 0.608. The van der Waals surface area contributed by atoms with Gasteiger partial charge in [0.1, 0.15) is 11.6 Å². The first-order chi connectivity index (χ1) is 14.3. The van der Waals surface area contributed by atoms with Gasteiger partial charge in [0.25, 0.3) is 0 Å². The van der Waals surface area contributed by atoms with Crippen molar-refractivity contribution in [3.05, 3.63) is 79.3 Å². The summed E-state index contributed by atoms with van der Waals surface area (Å²) in [6.07, 6.45) is 5.28. The van der Waals surface area contributed by atoms with Crippen molar-refractivity contribution in [2.24, 2.45) is 0 Å². The van der Waals surface area contributed by atoms with Crippen LogP contribution in [0.1, 0.15) is 0 Å². The molecule has 0 fully saturated rings. The molecule has 0 aliphatic carbocycles. The molecule has 0 atom stereocenters. The molecule has 0 aliphatic heterocycles. The van der Waals surface area contributed by atoms with E-state index in [0.29, 0.717) is 11.6 Å². The number of methoxy groups -OCH3 is 1. The van der Waals surface area contributed by atoms with Gasteiger partial charge >= 0.3 is 0 Å². The van der Waals surface area contributed by atoms with Gasteiger partial charge in [-0.05, 0) is 54.6 Å². The summed E-state index contributed by atoms with van der Waals surface area (Å²) in [6.45, 7) is 0. The number of ether oxygens (including phenoxy) is 1. The Labute approximate surface area is 167 Å². The lowest BCUT2D eigenvalue weighted by Crippen LogP contribution is -2.00. The number of fused-ring (bicyclic) bond motifs is 2. The lowest BCUT2D eigenvalue weighted by atomic mass is 10.1. The minimum Gasteiger partial charge on any atom is -0.497 e. The molecule has 0 radical (unpaired) electrons. The maximum atomic E-state index is 5.41. The zero-order chi connectivity index (χ0) is 19.6. The number of anilines is 2. The normalized spacial score (nSPS) is 10.9. The highest BCUT2D eigenvalue weighted by Gasteiger charge is 2.12. The van der Waals surface area contributed by atoms with E-state index in [9.17, 15) is 0 Å². The number of hydrogen-bond donors (Lipinski definition) is 1. The van der Waals surface area contributed by atoms with E-state index in [2.05, 4.69) is 15.3 Å².